The summed E-state index contributed by atoms with van der Waals surface area (Å²) in [6, 6.07) is 1.43. The van der Waals surface area contributed by atoms with E-state index < -0.39 is 0 Å². The summed E-state index contributed by atoms with van der Waals surface area (Å²) in [6.07, 6.45) is 1.39. The quantitative estimate of drug-likeness (QED) is 0.783. The zero-order chi connectivity index (χ0) is 14.7. The van der Waals surface area contributed by atoms with Gasteiger partial charge >= 0.3 is 0 Å². The zero-order valence-electron chi connectivity index (χ0n) is 14.3. The van der Waals surface area contributed by atoms with Crippen LogP contribution in [-0.4, -0.2) is 72.6 Å². The molecular weight excluding hydrogens is 246 g/mol. The summed E-state index contributed by atoms with van der Waals surface area (Å²) in [4.78, 5) is 7.98. The SMILES string of the molecule is CC(C)N1CCN(CC2CCN(C(C)C)C[C@@H]2C)CC1. The maximum absolute atomic E-state index is 2.71. The van der Waals surface area contributed by atoms with E-state index in [1.165, 1.54) is 52.2 Å². The molecule has 2 rings (SSSR count). The number of piperazine rings is 1. The molecule has 0 radical (unpaired) electrons. The molecule has 2 atom stereocenters. The monoisotopic (exact) mass is 281 g/mol. The highest BCUT2D eigenvalue weighted by Gasteiger charge is 2.29. The van der Waals surface area contributed by atoms with Gasteiger partial charge < -0.3 is 9.80 Å². The van der Waals surface area contributed by atoms with Crippen molar-refractivity contribution in [3.05, 3.63) is 0 Å². The Morgan fingerprint density at radius 1 is 0.850 bits per heavy atom. The van der Waals surface area contributed by atoms with Crippen molar-refractivity contribution in [2.24, 2.45) is 11.8 Å². The molecule has 0 aromatic heterocycles. The van der Waals surface area contributed by atoms with Crippen LogP contribution in [0.5, 0.6) is 0 Å². The van der Waals surface area contributed by atoms with E-state index >= 15 is 0 Å². The van der Waals surface area contributed by atoms with Crippen molar-refractivity contribution in [3.8, 4) is 0 Å². The van der Waals surface area contributed by atoms with Gasteiger partial charge in [0, 0.05) is 51.4 Å². The second kappa shape index (κ2) is 7.24. The Hall–Kier alpha value is -0.120. The van der Waals surface area contributed by atoms with E-state index in [1.54, 1.807) is 0 Å². The molecule has 0 aromatic rings. The van der Waals surface area contributed by atoms with Gasteiger partial charge in [0.2, 0.25) is 0 Å². The molecule has 2 aliphatic heterocycles. The van der Waals surface area contributed by atoms with Crippen LogP contribution in [0.1, 0.15) is 41.0 Å². The highest BCUT2D eigenvalue weighted by molar-refractivity contribution is 4.83. The van der Waals surface area contributed by atoms with Crippen molar-refractivity contribution in [3.63, 3.8) is 0 Å². The molecule has 2 aliphatic rings. The maximum atomic E-state index is 2.71. The molecule has 3 nitrogen and oxygen atoms in total. The maximum Gasteiger partial charge on any atom is 0.0113 e. The first-order valence-corrected chi connectivity index (χ1v) is 8.67. The normalized spacial score (nSPS) is 31.4. The summed E-state index contributed by atoms with van der Waals surface area (Å²) < 4.78 is 0. The molecule has 3 heteroatoms. The molecule has 0 aliphatic carbocycles. The molecule has 0 saturated carbocycles. The minimum atomic E-state index is 0.713. The smallest absolute Gasteiger partial charge is 0.0113 e. The molecule has 2 heterocycles. The molecule has 0 aromatic carbocycles. The minimum Gasteiger partial charge on any atom is -0.301 e. The number of likely N-dealkylation sites (tertiary alicyclic amines) is 1. The van der Waals surface area contributed by atoms with E-state index in [4.69, 9.17) is 0 Å². The zero-order valence-corrected chi connectivity index (χ0v) is 14.3. The Labute approximate surface area is 126 Å². The average molecular weight is 281 g/mol. The van der Waals surface area contributed by atoms with E-state index in [1.807, 2.05) is 0 Å². The van der Waals surface area contributed by atoms with E-state index in [-0.39, 0.29) is 0 Å². The van der Waals surface area contributed by atoms with Crippen LogP contribution in [0.4, 0.5) is 0 Å². The summed E-state index contributed by atoms with van der Waals surface area (Å²) in [5.41, 5.74) is 0. The molecule has 0 spiro atoms. The molecule has 20 heavy (non-hydrogen) atoms. The Bertz CT molecular complexity index is 282. The van der Waals surface area contributed by atoms with Gasteiger partial charge in [-0.25, -0.2) is 0 Å². The predicted molar refractivity (Wildman–Crippen MR) is 87.1 cm³/mol. The number of rotatable bonds is 4. The van der Waals surface area contributed by atoms with Crippen LogP contribution in [-0.2, 0) is 0 Å². The molecule has 1 unspecified atom stereocenters. The van der Waals surface area contributed by atoms with Crippen molar-refractivity contribution in [1.29, 1.82) is 0 Å². The van der Waals surface area contributed by atoms with Gasteiger partial charge in [-0.05, 0) is 52.5 Å². The van der Waals surface area contributed by atoms with E-state index in [0.29, 0.717) is 12.1 Å². The second-order valence-corrected chi connectivity index (χ2v) is 7.55. The molecular formula is C17H35N3. The Kier molecular flexibility index (Phi) is 5.88. The molecule has 0 N–H and O–H groups in total. The van der Waals surface area contributed by atoms with Crippen molar-refractivity contribution in [2.45, 2.75) is 53.1 Å². The van der Waals surface area contributed by atoms with Gasteiger partial charge in [0.1, 0.15) is 0 Å². The molecule has 0 amide bonds. The summed E-state index contributed by atoms with van der Waals surface area (Å²) in [7, 11) is 0. The van der Waals surface area contributed by atoms with Gasteiger partial charge in [0.25, 0.3) is 0 Å². The van der Waals surface area contributed by atoms with Crippen LogP contribution in [0.25, 0.3) is 0 Å². The summed E-state index contributed by atoms with van der Waals surface area (Å²) >= 11 is 0. The predicted octanol–water partition coefficient (Wildman–Crippen LogP) is 2.38. The topological polar surface area (TPSA) is 9.72 Å². The van der Waals surface area contributed by atoms with Crippen LogP contribution >= 0.6 is 0 Å². The van der Waals surface area contributed by atoms with Gasteiger partial charge in [0.15, 0.2) is 0 Å². The molecule has 2 saturated heterocycles. The second-order valence-electron chi connectivity index (χ2n) is 7.55. The largest absolute Gasteiger partial charge is 0.301 e. The van der Waals surface area contributed by atoms with Crippen molar-refractivity contribution >= 4 is 0 Å². The van der Waals surface area contributed by atoms with Gasteiger partial charge in [-0.2, -0.15) is 0 Å². The number of nitrogens with zero attached hydrogens (tertiary/aromatic N) is 3. The lowest BCUT2D eigenvalue weighted by Gasteiger charge is -2.43. The summed E-state index contributed by atoms with van der Waals surface area (Å²) in [5, 5.41) is 0. The van der Waals surface area contributed by atoms with Gasteiger partial charge in [-0.1, -0.05) is 6.92 Å². The number of hydrogen-bond acceptors (Lipinski definition) is 3. The lowest BCUT2D eigenvalue weighted by molar-refractivity contribution is 0.0518. The molecule has 118 valence electrons. The fourth-order valence-corrected chi connectivity index (χ4v) is 3.76. The first-order valence-electron chi connectivity index (χ1n) is 8.67. The standard InChI is InChI=1S/C17H35N3/c1-14(2)19-10-8-18(9-11-19)13-17-6-7-20(15(3)4)12-16(17)5/h14-17H,6-13H2,1-5H3/t16-,17?/m0/s1. The van der Waals surface area contributed by atoms with Crippen LogP contribution in [0.3, 0.4) is 0 Å². The first kappa shape index (κ1) is 16.3. The molecule has 0 bridgehead atoms. The van der Waals surface area contributed by atoms with Crippen LogP contribution in [0, 0.1) is 11.8 Å². The van der Waals surface area contributed by atoms with E-state index in [2.05, 4.69) is 49.3 Å². The first-order chi connectivity index (χ1) is 9.47. The van der Waals surface area contributed by atoms with Crippen LogP contribution in [0.2, 0.25) is 0 Å². The van der Waals surface area contributed by atoms with Gasteiger partial charge in [-0.15, -0.1) is 0 Å². The lowest BCUT2D eigenvalue weighted by Crippen LogP contribution is -2.52. The van der Waals surface area contributed by atoms with E-state index in [9.17, 15) is 0 Å². The molecule has 2 fully saturated rings. The van der Waals surface area contributed by atoms with Crippen molar-refractivity contribution < 1.29 is 0 Å². The van der Waals surface area contributed by atoms with E-state index in [0.717, 1.165) is 11.8 Å². The fourth-order valence-electron chi connectivity index (χ4n) is 3.76. The summed E-state index contributed by atoms with van der Waals surface area (Å²) in [5.74, 6) is 1.77. The van der Waals surface area contributed by atoms with Crippen molar-refractivity contribution in [2.75, 3.05) is 45.8 Å². The average Bonchev–Trinajstić information content (AvgIpc) is 2.41. The fraction of sp³-hybridized carbons (Fsp3) is 1.00. The van der Waals surface area contributed by atoms with Crippen LogP contribution < -0.4 is 0 Å². The number of hydrogen-bond donors (Lipinski definition) is 0. The van der Waals surface area contributed by atoms with Crippen molar-refractivity contribution in [1.82, 2.24) is 14.7 Å². The Morgan fingerprint density at radius 3 is 1.95 bits per heavy atom. The Morgan fingerprint density at radius 2 is 1.45 bits per heavy atom. The third-order valence-electron chi connectivity index (χ3n) is 5.47. The minimum absolute atomic E-state index is 0.713. The highest BCUT2D eigenvalue weighted by Crippen LogP contribution is 2.25. The third kappa shape index (κ3) is 4.19. The highest BCUT2D eigenvalue weighted by atomic mass is 15.3. The number of piperidine rings is 1. The third-order valence-corrected chi connectivity index (χ3v) is 5.47. The lowest BCUT2D eigenvalue weighted by atomic mass is 9.85. The van der Waals surface area contributed by atoms with Gasteiger partial charge in [0.05, 0.1) is 0 Å². The van der Waals surface area contributed by atoms with Gasteiger partial charge in [-0.3, -0.25) is 4.90 Å². The summed E-state index contributed by atoms with van der Waals surface area (Å²) in [6.45, 7) is 20.8. The Balaban J connectivity index is 1.75. The van der Waals surface area contributed by atoms with Crippen LogP contribution in [0.15, 0.2) is 0 Å².